The van der Waals surface area contributed by atoms with Crippen LogP contribution in [0.5, 0.6) is 0 Å². The van der Waals surface area contributed by atoms with E-state index < -0.39 is 5.60 Å². The second-order valence-corrected chi connectivity index (χ2v) is 6.34. The van der Waals surface area contributed by atoms with Crippen molar-refractivity contribution in [2.45, 2.75) is 56.9 Å². The van der Waals surface area contributed by atoms with Gasteiger partial charge in [-0.3, -0.25) is 0 Å². The zero-order valence-corrected chi connectivity index (χ0v) is 12.9. The lowest BCUT2D eigenvalue weighted by molar-refractivity contribution is -0.0181. The van der Waals surface area contributed by atoms with Crippen LogP contribution in [0.2, 0.25) is 0 Å². The average molecular weight is 301 g/mol. The van der Waals surface area contributed by atoms with Gasteiger partial charge < -0.3 is 14.7 Å². The molecule has 0 spiro atoms. The van der Waals surface area contributed by atoms with Crippen molar-refractivity contribution in [3.8, 4) is 0 Å². The summed E-state index contributed by atoms with van der Waals surface area (Å²) in [6.45, 7) is 2.22. The highest BCUT2D eigenvalue weighted by Crippen LogP contribution is 2.41. The summed E-state index contributed by atoms with van der Waals surface area (Å²) in [7, 11) is 0. The first-order chi connectivity index (χ1) is 10.6. The van der Waals surface area contributed by atoms with Crippen molar-refractivity contribution >= 4 is 6.09 Å². The number of rotatable bonds is 3. The SMILES string of the molecule is C/C=C\C1(O)CC2CCC(C1)N2C(=O)OCc1ccccc1. The van der Waals surface area contributed by atoms with E-state index in [1.165, 1.54) is 0 Å². The van der Waals surface area contributed by atoms with Gasteiger partial charge in [0.15, 0.2) is 0 Å². The van der Waals surface area contributed by atoms with Crippen molar-refractivity contribution in [1.82, 2.24) is 4.90 Å². The predicted octanol–water partition coefficient (Wildman–Crippen LogP) is 3.26. The normalized spacial score (nSPS) is 30.7. The Hall–Kier alpha value is -1.81. The number of fused-ring (bicyclic) bond motifs is 2. The molecule has 2 atom stereocenters. The maximum atomic E-state index is 12.4. The lowest BCUT2D eigenvalue weighted by Crippen LogP contribution is -2.52. The first-order valence-electron chi connectivity index (χ1n) is 7.96. The molecule has 3 rings (SSSR count). The van der Waals surface area contributed by atoms with Crippen LogP contribution in [0.1, 0.15) is 38.2 Å². The lowest BCUT2D eigenvalue weighted by atomic mass is 9.86. The molecule has 2 saturated heterocycles. The van der Waals surface area contributed by atoms with E-state index in [-0.39, 0.29) is 18.2 Å². The Bertz CT molecular complexity index is 541. The van der Waals surface area contributed by atoms with Gasteiger partial charge in [-0.1, -0.05) is 42.5 Å². The highest BCUT2D eigenvalue weighted by atomic mass is 16.6. The van der Waals surface area contributed by atoms with Crippen molar-refractivity contribution in [3.05, 3.63) is 48.0 Å². The number of aliphatic hydroxyl groups is 1. The number of benzene rings is 1. The van der Waals surface area contributed by atoms with Crippen LogP contribution < -0.4 is 0 Å². The Morgan fingerprint density at radius 2 is 1.95 bits per heavy atom. The number of allylic oxidation sites excluding steroid dienone is 1. The van der Waals surface area contributed by atoms with E-state index in [0.29, 0.717) is 19.4 Å². The average Bonchev–Trinajstić information content (AvgIpc) is 2.79. The smallest absolute Gasteiger partial charge is 0.410 e. The van der Waals surface area contributed by atoms with Gasteiger partial charge in [-0.15, -0.1) is 0 Å². The summed E-state index contributed by atoms with van der Waals surface area (Å²) in [6, 6.07) is 9.88. The van der Waals surface area contributed by atoms with Crippen molar-refractivity contribution in [2.24, 2.45) is 0 Å². The van der Waals surface area contributed by atoms with Crippen LogP contribution in [0.25, 0.3) is 0 Å². The summed E-state index contributed by atoms with van der Waals surface area (Å²) in [6.07, 6.45) is 6.62. The maximum absolute atomic E-state index is 12.4. The molecular weight excluding hydrogens is 278 g/mol. The van der Waals surface area contributed by atoms with E-state index in [9.17, 15) is 9.90 Å². The van der Waals surface area contributed by atoms with Gasteiger partial charge in [0.05, 0.1) is 5.60 Å². The van der Waals surface area contributed by atoms with Gasteiger partial charge in [0.2, 0.25) is 0 Å². The molecule has 2 aliphatic heterocycles. The fraction of sp³-hybridized carbons (Fsp3) is 0.500. The Morgan fingerprint density at radius 3 is 2.55 bits per heavy atom. The van der Waals surface area contributed by atoms with E-state index in [1.54, 1.807) is 0 Å². The van der Waals surface area contributed by atoms with Crippen LogP contribution in [-0.2, 0) is 11.3 Å². The van der Waals surface area contributed by atoms with Gasteiger partial charge in [-0.2, -0.15) is 0 Å². The highest BCUT2D eigenvalue weighted by molar-refractivity contribution is 5.69. The maximum Gasteiger partial charge on any atom is 0.410 e. The van der Waals surface area contributed by atoms with Crippen LogP contribution in [0.15, 0.2) is 42.5 Å². The number of carbonyl (C=O) groups is 1. The zero-order chi connectivity index (χ0) is 15.6. The summed E-state index contributed by atoms with van der Waals surface area (Å²) in [4.78, 5) is 14.3. The molecule has 0 radical (unpaired) electrons. The summed E-state index contributed by atoms with van der Waals surface area (Å²) >= 11 is 0. The molecule has 0 aliphatic carbocycles. The molecule has 4 nitrogen and oxygen atoms in total. The second kappa shape index (κ2) is 6.13. The number of carbonyl (C=O) groups excluding carboxylic acids is 1. The largest absolute Gasteiger partial charge is 0.445 e. The van der Waals surface area contributed by atoms with Gasteiger partial charge in [0.1, 0.15) is 6.61 Å². The Labute approximate surface area is 131 Å². The Morgan fingerprint density at radius 1 is 1.32 bits per heavy atom. The minimum absolute atomic E-state index is 0.0863. The molecule has 0 saturated carbocycles. The molecule has 2 aliphatic rings. The second-order valence-electron chi connectivity index (χ2n) is 6.34. The molecule has 4 heteroatoms. The number of hydrogen-bond acceptors (Lipinski definition) is 3. The molecule has 22 heavy (non-hydrogen) atoms. The summed E-state index contributed by atoms with van der Waals surface area (Å²) in [5, 5.41) is 10.6. The Kier molecular flexibility index (Phi) is 4.21. The Balaban J connectivity index is 1.63. The topological polar surface area (TPSA) is 49.8 Å². The van der Waals surface area contributed by atoms with E-state index in [4.69, 9.17) is 4.74 Å². The van der Waals surface area contributed by atoms with Crippen LogP contribution in [-0.4, -0.2) is 33.8 Å². The van der Waals surface area contributed by atoms with Gasteiger partial charge in [0, 0.05) is 24.9 Å². The van der Waals surface area contributed by atoms with E-state index in [1.807, 2.05) is 54.3 Å². The number of nitrogens with zero attached hydrogens (tertiary/aromatic N) is 1. The van der Waals surface area contributed by atoms with Gasteiger partial charge in [-0.25, -0.2) is 4.79 Å². The monoisotopic (exact) mass is 301 g/mol. The lowest BCUT2D eigenvalue weighted by Gasteiger charge is -2.41. The molecule has 1 amide bonds. The molecule has 1 aromatic carbocycles. The number of amides is 1. The van der Waals surface area contributed by atoms with Gasteiger partial charge in [0.25, 0.3) is 0 Å². The molecule has 1 N–H and O–H groups in total. The van der Waals surface area contributed by atoms with E-state index >= 15 is 0 Å². The first-order valence-corrected chi connectivity index (χ1v) is 7.96. The molecule has 2 fully saturated rings. The van der Waals surface area contributed by atoms with Crippen molar-refractivity contribution in [2.75, 3.05) is 0 Å². The summed E-state index contributed by atoms with van der Waals surface area (Å²) < 4.78 is 5.46. The minimum Gasteiger partial charge on any atom is -0.445 e. The van der Waals surface area contributed by atoms with Gasteiger partial charge >= 0.3 is 6.09 Å². The first kappa shape index (κ1) is 15.1. The van der Waals surface area contributed by atoms with Crippen LogP contribution in [0.4, 0.5) is 4.79 Å². The zero-order valence-electron chi connectivity index (χ0n) is 12.9. The summed E-state index contributed by atoms with van der Waals surface area (Å²) in [5.74, 6) is 0. The number of hydrogen-bond donors (Lipinski definition) is 1. The van der Waals surface area contributed by atoms with Crippen molar-refractivity contribution in [1.29, 1.82) is 0 Å². The molecular formula is C18H23NO3. The predicted molar refractivity (Wildman–Crippen MR) is 84.3 cm³/mol. The van der Waals surface area contributed by atoms with Crippen LogP contribution in [0, 0.1) is 0 Å². The number of ether oxygens (including phenoxy) is 1. The molecule has 2 unspecified atom stereocenters. The number of piperidine rings is 1. The summed E-state index contributed by atoms with van der Waals surface area (Å²) in [5.41, 5.74) is 0.224. The molecule has 118 valence electrons. The van der Waals surface area contributed by atoms with E-state index in [2.05, 4.69) is 0 Å². The van der Waals surface area contributed by atoms with Crippen molar-refractivity contribution < 1.29 is 14.6 Å². The fourth-order valence-electron chi connectivity index (χ4n) is 3.80. The quantitative estimate of drug-likeness (QED) is 0.872. The van der Waals surface area contributed by atoms with Gasteiger partial charge in [-0.05, 0) is 25.3 Å². The highest BCUT2D eigenvalue weighted by Gasteiger charge is 2.48. The third-order valence-electron chi connectivity index (χ3n) is 4.69. The third kappa shape index (κ3) is 3.02. The fourth-order valence-corrected chi connectivity index (χ4v) is 3.80. The van der Waals surface area contributed by atoms with E-state index in [0.717, 1.165) is 18.4 Å². The molecule has 2 heterocycles. The standard InChI is InChI=1S/C18H23NO3/c1-2-10-18(21)11-15-8-9-16(12-18)19(15)17(20)22-13-14-6-4-3-5-7-14/h2-7,10,15-16,21H,8-9,11-13H2,1H3/b10-2-. The molecule has 0 aromatic heterocycles. The van der Waals surface area contributed by atoms with Crippen LogP contribution in [0.3, 0.4) is 0 Å². The third-order valence-corrected chi connectivity index (χ3v) is 4.69. The van der Waals surface area contributed by atoms with Crippen molar-refractivity contribution in [3.63, 3.8) is 0 Å². The molecule has 2 bridgehead atoms. The molecule has 1 aromatic rings. The van der Waals surface area contributed by atoms with Crippen LogP contribution >= 0.6 is 0 Å². The minimum atomic E-state index is -0.767.